The summed E-state index contributed by atoms with van der Waals surface area (Å²) in [5.74, 6) is 0. The summed E-state index contributed by atoms with van der Waals surface area (Å²) >= 11 is 5.81. The van der Waals surface area contributed by atoms with Crippen molar-refractivity contribution in [1.82, 2.24) is 10.8 Å². The molecule has 1 N–H and O–H groups in total. The molecule has 115 valence electrons. The molecule has 0 saturated carbocycles. The Hall–Kier alpha value is -2.15. The Morgan fingerprint density at radius 3 is 2.64 bits per heavy atom. The first kappa shape index (κ1) is 16.2. The maximum Gasteiger partial charge on any atom is 0.297 e. The standard InChI is InChI=1S/C15H15ClN3O3/c16-13-7-5-12(6-8-13)11-17-9-10-22-18-14-3-1-2-4-15(14)19(20)21/h1-8,17H,9-11H2. The highest BCUT2D eigenvalue weighted by molar-refractivity contribution is 6.30. The Morgan fingerprint density at radius 2 is 1.91 bits per heavy atom. The smallest absolute Gasteiger partial charge is 0.297 e. The summed E-state index contributed by atoms with van der Waals surface area (Å²) in [7, 11) is 0. The minimum Gasteiger partial charge on any atom is -0.310 e. The van der Waals surface area contributed by atoms with E-state index in [-0.39, 0.29) is 11.4 Å². The van der Waals surface area contributed by atoms with E-state index in [1.807, 2.05) is 24.3 Å². The van der Waals surface area contributed by atoms with Crippen LogP contribution in [-0.4, -0.2) is 18.1 Å². The first-order valence-electron chi connectivity index (χ1n) is 6.68. The molecule has 0 fully saturated rings. The second kappa shape index (κ2) is 8.33. The van der Waals surface area contributed by atoms with Gasteiger partial charge in [-0.15, -0.1) is 5.48 Å². The Morgan fingerprint density at radius 1 is 1.18 bits per heavy atom. The third kappa shape index (κ3) is 5.00. The van der Waals surface area contributed by atoms with Gasteiger partial charge in [0.15, 0.2) is 5.69 Å². The lowest BCUT2D eigenvalue weighted by Crippen LogP contribution is -2.20. The number of rotatable bonds is 8. The number of halogens is 1. The SMILES string of the molecule is O=[N+]([O-])c1ccccc1[N]OCCNCc1ccc(Cl)cc1. The fourth-order valence-electron chi connectivity index (χ4n) is 1.76. The van der Waals surface area contributed by atoms with E-state index in [1.54, 1.807) is 18.2 Å². The molecule has 0 bridgehead atoms. The van der Waals surface area contributed by atoms with Crippen LogP contribution >= 0.6 is 11.6 Å². The van der Waals surface area contributed by atoms with Gasteiger partial charge < -0.3 is 5.32 Å². The molecule has 0 atom stereocenters. The van der Waals surface area contributed by atoms with E-state index in [4.69, 9.17) is 16.4 Å². The molecule has 0 amide bonds. The van der Waals surface area contributed by atoms with Crippen LogP contribution in [0.15, 0.2) is 48.5 Å². The van der Waals surface area contributed by atoms with Gasteiger partial charge in [0.25, 0.3) is 5.69 Å². The van der Waals surface area contributed by atoms with E-state index in [0.29, 0.717) is 24.7 Å². The van der Waals surface area contributed by atoms with Crippen LogP contribution in [0, 0.1) is 10.1 Å². The van der Waals surface area contributed by atoms with Crippen molar-refractivity contribution in [2.45, 2.75) is 6.54 Å². The van der Waals surface area contributed by atoms with E-state index in [0.717, 1.165) is 5.56 Å². The van der Waals surface area contributed by atoms with Crippen molar-refractivity contribution < 1.29 is 9.76 Å². The highest BCUT2D eigenvalue weighted by Gasteiger charge is 2.13. The van der Waals surface area contributed by atoms with E-state index in [1.165, 1.54) is 6.07 Å². The van der Waals surface area contributed by atoms with Crippen LogP contribution < -0.4 is 10.8 Å². The summed E-state index contributed by atoms with van der Waals surface area (Å²) in [6.07, 6.45) is 0. The molecular formula is C15H15ClN3O3. The molecule has 2 aromatic rings. The van der Waals surface area contributed by atoms with Crippen LogP contribution in [0.2, 0.25) is 5.02 Å². The summed E-state index contributed by atoms with van der Waals surface area (Å²) < 4.78 is 0. The maximum absolute atomic E-state index is 10.8. The number of nitro groups is 1. The molecule has 0 unspecified atom stereocenters. The van der Waals surface area contributed by atoms with E-state index in [9.17, 15) is 10.1 Å². The number of para-hydroxylation sites is 1. The van der Waals surface area contributed by atoms with E-state index in [2.05, 4.69) is 10.8 Å². The van der Waals surface area contributed by atoms with Crippen LogP contribution in [0.3, 0.4) is 0 Å². The first-order valence-corrected chi connectivity index (χ1v) is 7.06. The van der Waals surface area contributed by atoms with Gasteiger partial charge in [-0.3, -0.25) is 15.0 Å². The topological polar surface area (TPSA) is 78.5 Å². The second-order valence-electron chi connectivity index (χ2n) is 4.47. The van der Waals surface area contributed by atoms with Gasteiger partial charge >= 0.3 is 0 Å². The Kier molecular flexibility index (Phi) is 6.14. The average molecular weight is 321 g/mol. The number of nitrogens with one attached hydrogen (secondary N) is 1. The highest BCUT2D eigenvalue weighted by Crippen LogP contribution is 2.23. The molecule has 2 rings (SSSR count). The van der Waals surface area contributed by atoms with Gasteiger partial charge in [0, 0.05) is 24.2 Å². The molecule has 22 heavy (non-hydrogen) atoms. The van der Waals surface area contributed by atoms with Gasteiger partial charge in [0.2, 0.25) is 0 Å². The summed E-state index contributed by atoms with van der Waals surface area (Å²) in [5.41, 5.74) is 5.04. The summed E-state index contributed by atoms with van der Waals surface area (Å²) in [5, 5.41) is 14.7. The summed E-state index contributed by atoms with van der Waals surface area (Å²) in [6.45, 7) is 1.58. The van der Waals surface area contributed by atoms with E-state index >= 15 is 0 Å². The number of hydrogen-bond acceptors (Lipinski definition) is 4. The molecule has 7 heteroatoms. The zero-order valence-corrected chi connectivity index (χ0v) is 12.5. The van der Waals surface area contributed by atoms with Crippen molar-refractivity contribution in [2.24, 2.45) is 0 Å². The Balaban J connectivity index is 1.67. The van der Waals surface area contributed by atoms with Gasteiger partial charge in [-0.1, -0.05) is 35.9 Å². The zero-order chi connectivity index (χ0) is 15.8. The van der Waals surface area contributed by atoms with Gasteiger partial charge in [-0.05, 0) is 23.8 Å². The third-order valence-electron chi connectivity index (χ3n) is 2.85. The molecular weight excluding hydrogens is 306 g/mol. The molecule has 0 spiro atoms. The molecule has 0 heterocycles. The average Bonchev–Trinajstić information content (AvgIpc) is 2.52. The first-order chi connectivity index (χ1) is 10.7. The van der Waals surface area contributed by atoms with Gasteiger partial charge in [-0.2, -0.15) is 0 Å². The van der Waals surface area contributed by atoms with Crippen LogP contribution in [0.25, 0.3) is 0 Å². The van der Waals surface area contributed by atoms with Crippen molar-refractivity contribution in [2.75, 3.05) is 13.2 Å². The Bertz CT molecular complexity index is 620. The van der Waals surface area contributed by atoms with Crippen molar-refractivity contribution in [1.29, 1.82) is 0 Å². The largest absolute Gasteiger partial charge is 0.310 e. The lowest BCUT2D eigenvalue weighted by atomic mass is 10.2. The van der Waals surface area contributed by atoms with Gasteiger partial charge in [-0.25, -0.2) is 0 Å². The minimum absolute atomic E-state index is 0.0726. The van der Waals surface area contributed by atoms with Crippen molar-refractivity contribution in [3.63, 3.8) is 0 Å². The quantitative estimate of drug-likeness (QED) is 0.460. The zero-order valence-electron chi connectivity index (χ0n) is 11.7. The fraction of sp³-hybridized carbons (Fsp3) is 0.200. The minimum atomic E-state index is -0.485. The van der Waals surface area contributed by atoms with E-state index < -0.39 is 4.92 Å². The molecule has 0 saturated heterocycles. The van der Waals surface area contributed by atoms with Crippen LogP contribution in [0.5, 0.6) is 0 Å². The van der Waals surface area contributed by atoms with Crippen LogP contribution in [-0.2, 0) is 11.4 Å². The van der Waals surface area contributed by atoms with Crippen molar-refractivity contribution >= 4 is 23.0 Å². The number of benzene rings is 2. The predicted molar refractivity (Wildman–Crippen MR) is 84.0 cm³/mol. The number of nitro benzene ring substituents is 1. The van der Waals surface area contributed by atoms with Gasteiger partial charge in [0.05, 0.1) is 11.5 Å². The molecule has 0 aliphatic carbocycles. The Labute approximate surface area is 133 Å². The summed E-state index contributed by atoms with van der Waals surface area (Å²) in [4.78, 5) is 15.4. The highest BCUT2D eigenvalue weighted by atomic mass is 35.5. The molecule has 0 aliphatic rings. The second-order valence-corrected chi connectivity index (χ2v) is 4.91. The third-order valence-corrected chi connectivity index (χ3v) is 3.11. The fourth-order valence-corrected chi connectivity index (χ4v) is 1.89. The maximum atomic E-state index is 10.8. The number of nitrogens with zero attached hydrogens (tertiary/aromatic N) is 2. The summed E-state index contributed by atoms with van der Waals surface area (Å²) in [6, 6.07) is 13.7. The van der Waals surface area contributed by atoms with Gasteiger partial charge in [0.1, 0.15) is 0 Å². The predicted octanol–water partition coefficient (Wildman–Crippen LogP) is 3.21. The monoisotopic (exact) mass is 320 g/mol. The normalized spacial score (nSPS) is 10.4. The molecule has 2 aromatic carbocycles. The molecule has 6 nitrogen and oxygen atoms in total. The molecule has 1 radical (unpaired) electrons. The van der Waals surface area contributed by atoms with Crippen LogP contribution in [0.1, 0.15) is 5.56 Å². The lowest BCUT2D eigenvalue weighted by Gasteiger charge is -2.06. The van der Waals surface area contributed by atoms with Crippen molar-refractivity contribution in [3.05, 3.63) is 69.2 Å². The van der Waals surface area contributed by atoms with Crippen molar-refractivity contribution in [3.8, 4) is 0 Å². The lowest BCUT2D eigenvalue weighted by molar-refractivity contribution is -0.384. The molecule has 0 aromatic heterocycles. The number of hydrogen-bond donors (Lipinski definition) is 1. The molecule has 0 aliphatic heterocycles. The van der Waals surface area contributed by atoms with Crippen LogP contribution in [0.4, 0.5) is 11.4 Å².